The van der Waals surface area contributed by atoms with Crippen LogP contribution in [0.3, 0.4) is 0 Å². The molecule has 0 spiro atoms. The van der Waals surface area contributed by atoms with E-state index in [1.807, 2.05) is 13.8 Å². The van der Waals surface area contributed by atoms with Crippen molar-refractivity contribution < 1.29 is 15.0 Å². The highest BCUT2D eigenvalue weighted by Crippen LogP contribution is 2.39. The standard InChI is InChI=1S/C15H22O3/c1-6-15(5,18)8-7-11-10(2)12(16)9-13(17)14(11,3)4/h6-8,13,17-18H,1,9H2,2-5H3/b8-7-. The third-order valence-corrected chi connectivity index (χ3v) is 3.73. The van der Waals surface area contributed by atoms with Gasteiger partial charge in [-0.2, -0.15) is 0 Å². The second kappa shape index (κ2) is 4.82. The van der Waals surface area contributed by atoms with Gasteiger partial charge in [0.2, 0.25) is 0 Å². The topological polar surface area (TPSA) is 57.5 Å². The van der Waals surface area contributed by atoms with E-state index in [2.05, 4.69) is 6.58 Å². The number of Topliss-reactive ketones (excluding diaryl/α,β-unsaturated/α-hetero) is 1. The molecule has 0 saturated heterocycles. The maximum absolute atomic E-state index is 11.8. The molecule has 3 nitrogen and oxygen atoms in total. The molecule has 0 aromatic rings. The molecule has 1 aliphatic carbocycles. The summed E-state index contributed by atoms with van der Waals surface area (Å²) in [5.41, 5.74) is -0.185. The minimum Gasteiger partial charge on any atom is -0.392 e. The van der Waals surface area contributed by atoms with Crippen molar-refractivity contribution in [3.63, 3.8) is 0 Å². The van der Waals surface area contributed by atoms with Crippen LogP contribution in [0.15, 0.2) is 36.0 Å². The van der Waals surface area contributed by atoms with Crippen LogP contribution in [0, 0.1) is 5.41 Å². The smallest absolute Gasteiger partial charge is 0.161 e. The Morgan fingerprint density at radius 2 is 2.06 bits per heavy atom. The van der Waals surface area contributed by atoms with Gasteiger partial charge in [0.1, 0.15) is 0 Å². The lowest BCUT2D eigenvalue weighted by molar-refractivity contribution is -0.120. The van der Waals surface area contributed by atoms with Crippen LogP contribution < -0.4 is 0 Å². The molecule has 0 saturated carbocycles. The number of ketones is 1. The minimum atomic E-state index is -1.12. The lowest BCUT2D eigenvalue weighted by Crippen LogP contribution is -2.38. The molecule has 0 aliphatic heterocycles. The molecule has 3 heteroatoms. The fourth-order valence-corrected chi connectivity index (χ4v) is 2.06. The SMILES string of the molecule is C=CC(C)(O)/C=C\C1=C(C)C(=O)CC(O)C1(C)C. The van der Waals surface area contributed by atoms with Crippen LogP contribution in [0.4, 0.5) is 0 Å². The Morgan fingerprint density at radius 3 is 2.56 bits per heavy atom. The fourth-order valence-electron chi connectivity index (χ4n) is 2.06. The van der Waals surface area contributed by atoms with E-state index in [0.717, 1.165) is 5.57 Å². The van der Waals surface area contributed by atoms with Crippen LogP contribution in [-0.2, 0) is 4.79 Å². The van der Waals surface area contributed by atoms with E-state index in [-0.39, 0.29) is 12.2 Å². The molecule has 0 aromatic carbocycles. The number of aliphatic hydroxyl groups is 2. The van der Waals surface area contributed by atoms with Crippen molar-refractivity contribution in [1.29, 1.82) is 0 Å². The predicted molar refractivity (Wildman–Crippen MR) is 72.1 cm³/mol. The molecule has 18 heavy (non-hydrogen) atoms. The van der Waals surface area contributed by atoms with Gasteiger partial charge in [0.15, 0.2) is 5.78 Å². The molecule has 1 aliphatic rings. The summed E-state index contributed by atoms with van der Waals surface area (Å²) in [5, 5.41) is 19.9. The summed E-state index contributed by atoms with van der Waals surface area (Å²) in [4.78, 5) is 11.8. The summed E-state index contributed by atoms with van der Waals surface area (Å²) < 4.78 is 0. The van der Waals surface area contributed by atoms with Gasteiger partial charge in [-0.25, -0.2) is 0 Å². The molecule has 2 N–H and O–H groups in total. The van der Waals surface area contributed by atoms with Crippen LogP contribution in [-0.4, -0.2) is 27.7 Å². The van der Waals surface area contributed by atoms with Gasteiger partial charge in [-0.05, 0) is 31.1 Å². The minimum absolute atomic E-state index is 0.0419. The normalized spacial score (nSPS) is 27.4. The third kappa shape index (κ3) is 2.79. The van der Waals surface area contributed by atoms with E-state index >= 15 is 0 Å². The van der Waals surface area contributed by atoms with Crippen molar-refractivity contribution in [1.82, 2.24) is 0 Å². The quantitative estimate of drug-likeness (QED) is 0.755. The Morgan fingerprint density at radius 1 is 1.50 bits per heavy atom. The number of hydrogen-bond acceptors (Lipinski definition) is 3. The van der Waals surface area contributed by atoms with E-state index in [9.17, 15) is 15.0 Å². The summed E-state index contributed by atoms with van der Waals surface area (Å²) in [6.07, 6.45) is 4.20. The third-order valence-electron chi connectivity index (χ3n) is 3.73. The summed E-state index contributed by atoms with van der Waals surface area (Å²) in [5.74, 6) is -0.0419. The molecule has 0 bridgehead atoms. The van der Waals surface area contributed by atoms with Gasteiger partial charge in [0.05, 0.1) is 11.7 Å². The van der Waals surface area contributed by atoms with Crippen LogP contribution >= 0.6 is 0 Å². The molecule has 100 valence electrons. The molecular weight excluding hydrogens is 228 g/mol. The lowest BCUT2D eigenvalue weighted by Gasteiger charge is -2.37. The van der Waals surface area contributed by atoms with Gasteiger partial charge in [-0.15, -0.1) is 0 Å². The average molecular weight is 250 g/mol. The average Bonchev–Trinajstić information content (AvgIpc) is 2.26. The Kier molecular flexibility index (Phi) is 3.99. The van der Waals surface area contributed by atoms with Crippen molar-refractivity contribution in [3.8, 4) is 0 Å². The summed E-state index contributed by atoms with van der Waals surface area (Å²) in [7, 11) is 0. The zero-order valence-corrected chi connectivity index (χ0v) is 11.5. The maximum Gasteiger partial charge on any atom is 0.161 e. The van der Waals surface area contributed by atoms with Gasteiger partial charge in [0.25, 0.3) is 0 Å². The van der Waals surface area contributed by atoms with Gasteiger partial charge in [0, 0.05) is 11.8 Å². The summed E-state index contributed by atoms with van der Waals surface area (Å²) in [6.45, 7) is 10.7. The highest BCUT2D eigenvalue weighted by atomic mass is 16.3. The fraction of sp³-hybridized carbons (Fsp3) is 0.533. The Hall–Kier alpha value is -1.19. The van der Waals surface area contributed by atoms with Crippen molar-refractivity contribution in [2.45, 2.75) is 45.8 Å². The molecule has 0 aromatic heterocycles. The number of allylic oxidation sites excluding steroid dienone is 2. The number of rotatable bonds is 3. The van der Waals surface area contributed by atoms with E-state index in [0.29, 0.717) is 5.57 Å². The second-order valence-electron chi connectivity index (χ2n) is 5.67. The first-order chi connectivity index (χ1) is 8.12. The van der Waals surface area contributed by atoms with Gasteiger partial charge < -0.3 is 10.2 Å². The van der Waals surface area contributed by atoms with Crippen LogP contribution in [0.25, 0.3) is 0 Å². The van der Waals surface area contributed by atoms with E-state index in [4.69, 9.17) is 0 Å². The Bertz CT molecular complexity index is 425. The van der Waals surface area contributed by atoms with E-state index in [1.54, 1.807) is 26.0 Å². The summed E-state index contributed by atoms with van der Waals surface area (Å²) >= 11 is 0. The first-order valence-corrected chi connectivity index (χ1v) is 6.09. The molecule has 0 fully saturated rings. The molecule has 2 atom stereocenters. The van der Waals surface area contributed by atoms with Crippen molar-refractivity contribution in [3.05, 3.63) is 36.0 Å². The van der Waals surface area contributed by atoms with Crippen molar-refractivity contribution in [2.75, 3.05) is 0 Å². The Balaban J connectivity index is 3.21. The predicted octanol–water partition coefficient (Wildman–Crippen LogP) is 2.16. The molecule has 0 heterocycles. The molecule has 1 rings (SSSR count). The highest BCUT2D eigenvalue weighted by molar-refractivity contribution is 5.97. The molecule has 0 radical (unpaired) electrons. The van der Waals surface area contributed by atoms with Crippen molar-refractivity contribution >= 4 is 5.78 Å². The number of carbonyl (C=O) groups is 1. The zero-order valence-electron chi connectivity index (χ0n) is 11.5. The maximum atomic E-state index is 11.8. The lowest BCUT2D eigenvalue weighted by atomic mass is 9.70. The van der Waals surface area contributed by atoms with E-state index in [1.165, 1.54) is 6.08 Å². The van der Waals surface area contributed by atoms with Gasteiger partial charge >= 0.3 is 0 Å². The second-order valence-corrected chi connectivity index (χ2v) is 5.67. The Labute approximate surface area is 109 Å². The largest absolute Gasteiger partial charge is 0.392 e. The monoisotopic (exact) mass is 250 g/mol. The number of carbonyl (C=O) groups excluding carboxylic acids is 1. The number of aliphatic hydroxyl groups excluding tert-OH is 1. The molecule has 2 unspecified atom stereocenters. The van der Waals surface area contributed by atoms with Crippen molar-refractivity contribution in [2.24, 2.45) is 5.41 Å². The van der Waals surface area contributed by atoms with E-state index < -0.39 is 17.1 Å². The summed E-state index contributed by atoms with van der Waals surface area (Å²) in [6, 6.07) is 0. The van der Waals surface area contributed by atoms with Gasteiger partial charge in [-0.3, -0.25) is 4.79 Å². The zero-order chi connectivity index (χ0) is 14.1. The number of hydrogen-bond donors (Lipinski definition) is 2. The first kappa shape index (κ1) is 14.9. The van der Waals surface area contributed by atoms with Crippen LogP contribution in [0.2, 0.25) is 0 Å². The van der Waals surface area contributed by atoms with Crippen LogP contribution in [0.5, 0.6) is 0 Å². The van der Waals surface area contributed by atoms with Crippen LogP contribution in [0.1, 0.15) is 34.1 Å². The van der Waals surface area contributed by atoms with Gasteiger partial charge in [-0.1, -0.05) is 32.6 Å². The first-order valence-electron chi connectivity index (χ1n) is 6.09. The molecular formula is C15H22O3. The molecule has 0 amide bonds. The highest BCUT2D eigenvalue weighted by Gasteiger charge is 2.38.